The highest BCUT2D eigenvalue weighted by Gasteiger charge is 2.14. The molecule has 4 heteroatoms. The third-order valence-corrected chi connectivity index (χ3v) is 3.54. The van der Waals surface area contributed by atoms with Crippen LogP contribution in [0.2, 0.25) is 0 Å². The number of ether oxygens (including phenoxy) is 2. The number of benzene rings is 2. The molecule has 0 aromatic heterocycles. The molecule has 104 valence electrons. The summed E-state index contributed by atoms with van der Waals surface area (Å²) >= 11 is 3.43. The van der Waals surface area contributed by atoms with Crippen molar-refractivity contribution in [3.05, 3.63) is 63.6 Å². The van der Waals surface area contributed by atoms with Crippen LogP contribution < -0.4 is 4.74 Å². The van der Waals surface area contributed by atoms with Crippen molar-refractivity contribution in [2.75, 3.05) is 14.2 Å². The molecule has 0 aliphatic rings. The first-order valence-electron chi connectivity index (χ1n) is 6.14. The molecule has 0 atom stereocenters. The lowest BCUT2D eigenvalue weighted by molar-refractivity contribution is 0.0599. The Labute approximate surface area is 126 Å². The minimum atomic E-state index is -0.331. The summed E-state index contributed by atoms with van der Waals surface area (Å²) in [7, 11) is 3.03. The van der Waals surface area contributed by atoms with Gasteiger partial charge in [0.25, 0.3) is 0 Å². The Balaban J connectivity index is 2.42. The lowest BCUT2D eigenvalue weighted by atomic mass is 9.99. The average Bonchev–Trinajstić information content (AvgIpc) is 2.47. The van der Waals surface area contributed by atoms with Gasteiger partial charge in [0, 0.05) is 10.9 Å². The van der Waals surface area contributed by atoms with Gasteiger partial charge in [0.05, 0.1) is 19.8 Å². The topological polar surface area (TPSA) is 35.5 Å². The Morgan fingerprint density at radius 3 is 2.55 bits per heavy atom. The van der Waals surface area contributed by atoms with E-state index in [1.165, 1.54) is 7.11 Å². The van der Waals surface area contributed by atoms with E-state index in [2.05, 4.69) is 15.9 Å². The van der Waals surface area contributed by atoms with Crippen LogP contribution in [-0.2, 0) is 11.2 Å². The van der Waals surface area contributed by atoms with Crippen molar-refractivity contribution in [2.24, 2.45) is 0 Å². The van der Waals surface area contributed by atoms with Gasteiger partial charge in [-0.1, -0.05) is 34.1 Å². The summed E-state index contributed by atoms with van der Waals surface area (Å²) in [5.74, 6) is 0.477. The van der Waals surface area contributed by atoms with E-state index in [0.29, 0.717) is 12.0 Å². The van der Waals surface area contributed by atoms with Crippen molar-refractivity contribution < 1.29 is 14.3 Å². The van der Waals surface area contributed by atoms with Crippen molar-refractivity contribution in [3.8, 4) is 5.75 Å². The molecule has 20 heavy (non-hydrogen) atoms. The van der Waals surface area contributed by atoms with Crippen LogP contribution in [0, 0.1) is 0 Å². The maximum Gasteiger partial charge on any atom is 0.338 e. The number of rotatable bonds is 4. The van der Waals surface area contributed by atoms with Crippen LogP contribution >= 0.6 is 15.9 Å². The minimum Gasteiger partial charge on any atom is -0.496 e. The molecule has 0 aliphatic carbocycles. The molecule has 0 saturated heterocycles. The standard InChI is InChI=1S/C16H15BrO3/c1-19-15-6-4-3-5-11(15)9-12-10-13(17)7-8-14(12)16(18)20-2/h3-8,10H,9H2,1-2H3. The van der Waals surface area contributed by atoms with Crippen molar-refractivity contribution in [3.63, 3.8) is 0 Å². The van der Waals surface area contributed by atoms with E-state index in [0.717, 1.165) is 21.3 Å². The van der Waals surface area contributed by atoms with Gasteiger partial charge in [0.2, 0.25) is 0 Å². The van der Waals surface area contributed by atoms with Gasteiger partial charge in [-0.3, -0.25) is 0 Å². The summed E-state index contributed by atoms with van der Waals surface area (Å²) in [5.41, 5.74) is 2.50. The van der Waals surface area contributed by atoms with Crippen molar-refractivity contribution in [2.45, 2.75) is 6.42 Å². The lowest BCUT2D eigenvalue weighted by Gasteiger charge is -2.11. The number of methoxy groups -OCH3 is 2. The van der Waals surface area contributed by atoms with Gasteiger partial charge < -0.3 is 9.47 Å². The largest absolute Gasteiger partial charge is 0.496 e. The Hall–Kier alpha value is -1.81. The van der Waals surface area contributed by atoms with E-state index < -0.39 is 0 Å². The first-order chi connectivity index (χ1) is 9.65. The zero-order valence-electron chi connectivity index (χ0n) is 11.4. The van der Waals surface area contributed by atoms with E-state index >= 15 is 0 Å². The highest BCUT2D eigenvalue weighted by atomic mass is 79.9. The summed E-state index contributed by atoms with van der Waals surface area (Å²) in [6.07, 6.45) is 0.605. The fourth-order valence-corrected chi connectivity index (χ4v) is 2.48. The fourth-order valence-electron chi connectivity index (χ4n) is 2.07. The minimum absolute atomic E-state index is 0.331. The van der Waals surface area contributed by atoms with E-state index in [1.54, 1.807) is 13.2 Å². The van der Waals surface area contributed by atoms with Crippen LogP contribution in [0.15, 0.2) is 46.9 Å². The maximum atomic E-state index is 11.8. The third-order valence-electron chi connectivity index (χ3n) is 3.05. The molecule has 0 saturated carbocycles. The van der Waals surface area contributed by atoms with Crippen molar-refractivity contribution in [1.82, 2.24) is 0 Å². The summed E-state index contributed by atoms with van der Waals surface area (Å²) in [4.78, 5) is 11.8. The number of hydrogen-bond donors (Lipinski definition) is 0. The zero-order valence-corrected chi connectivity index (χ0v) is 12.9. The van der Waals surface area contributed by atoms with Gasteiger partial charge in [-0.2, -0.15) is 0 Å². The second-order valence-corrected chi connectivity index (χ2v) is 5.20. The first-order valence-corrected chi connectivity index (χ1v) is 6.93. The average molecular weight is 335 g/mol. The normalized spacial score (nSPS) is 10.2. The molecule has 2 rings (SSSR count). The predicted octanol–water partition coefficient (Wildman–Crippen LogP) is 3.84. The Bertz CT molecular complexity index is 623. The molecule has 0 bridgehead atoms. The van der Waals surface area contributed by atoms with E-state index in [1.807, 2.05) is 36.4 Å². The SMILES string of the molecule is COC(=O)c1ccc(Br)cc1Cc1ccccc1OC. The molecule has 2 aromatic rings. The monoisotopic (exact) mass is 334 g/mol. The van der Waals surface area contributed by atoms with Crippen LogP contribution in [-0.4, -0.2) is 20.2 Å². The molecule has 2 aromatic carbocycles. The molecule has 0 fully saturated rings. The highest BCUT2D eigenvalue weighted by Crippen LogP contribution is 2.25. The summed E-state index contributed by atoms with van der Waals surface area (Å²) in [6, 6.07) is 13.3. The molecule has 0 amide bonds. The van der Waals surface area contributed by atoms with Gasteiger partial charge in [-0.15, -0.1) is 0 Å². The summed E-state index contributed by atoms with van der Waals surface area (Å²) in [5, 5.41) is 0. The number of hydrogen-bond acceptors (Lipinski definition) is 3. The molecule has 0 radical (unpaired) electrons. The summed E-state index contributed by atoms with van der Waals surface area (Å²) in [6.45, 7) is 0. The summed E-state index contributed by atoms with van der Waals surface area (Å²) < 4.78 is 11.1. The molecule has 0 aliphatic heterocycles. The van der Waals surface area contributed by atoms with E-state index in [9.17, 15) is 4.79 Å². The molecule has 0 N–H and O–H groups in total. The lowest BCUT2D eigenvalue weighted by Crippen LogP contribution is -2.06. The van der Waals surface area contributed by atoms with Gasteiger partial charge in [-0.25, -0.2) is 4.79 Å². The van der Waals surface area contributed by atoms with Crippen LogP contribution in [0.5, 0.6) is 5.75 Å². The fraction of sp³-hybridized carbons (Fsp3) is 0.188. The number of carbonyl (C=O) groups is 1. The molecule has 0 spiro atoms. The van der Waals surface area contributed by atoms with Crippen LogP contribution in [0.3, 0.4) is 0 Å². The van der Waals surface area contributed by atoms with Crippen LogP contribution in [0.25, 0.3) is 0 Å². The van der Waals surface area contributed by atoms with E-state index in [-0.39, 0.29) is 5.97 Å². The molecule has 0 unspecified atom stereocenters. The molecular formula is C16H15BrO3. The number of para-hydroxylation sites is 1. The van der Waals surface area contributed by atoms with Gasteiger partial charge in [-0.05, 0) is 35.4 Å². The highest BCUT2D eigenvalue weighted by molar-refractivity contribution is 9.10. The van der Waals surface area contributed by atoms with Gasteiger partial charge >= 0.3 is 5.97 Å². The number of halogens is 1. The van der Waals surface area contributed by atoms with Crippen molar-refractivity contribution >= 4 is 21.9 Å². The van der Waals surface area contributed by atoms with Crippen LogP contribution in [0.4, 0.5) is 0 Å². The van der Waals surface area contributed by atoms with Crippen molar-refractivity contribution in [1.29, 1.82) is 0 Å². The smallest absolute Gasteiger partial charge is 0.338 e. The molecular weight excluding hydrogens is 320 g/mol. The van der Waals surface area contributed by atoms with Gasteiger partial charge in [0.15, 0.2) is 0 Å². The second-order valence-electron chi connectivity index (χ2n) is 4.28. The van der Waals surface area contributed by atoms with Gasteiger partial charge in [0.1, 0.15) is 5.75 Å². The zero-order chi connectivity index (χ0) is 14.5. The first kappa shape index (κ1) is 14.6. The molecule has 3 nitrogen and oxygen atoms in total. The Morgan fingerprint density at radius 1 is 1.10 bits per heavy atom. The third kappa shape index (κ3) is 3.20. The van der Waals surface area contributed by atoms with E-state index in [4.69, 9.17) is 9.47 Å². The Kier molecular flexibility index (Phi) is 4.79. The quantitative estimate of drug-likeness (QED) is 0.797. The number of esters is 1. The maximum absolute atomic E-state index is 11.8. The Morgan fingerprint density at radius 2 is 1.85 bits per heavy atom. The number of carbonyl (C=O) groups excluding carboxylic acids is 1. The van der Waals surface area contributed by atoms with Crippen LogP contribution in [0.1, 0.15) is 21.5 Å². The predicted molar refractivity (Wildman–Crippen MR) is 81.3 cm³/mol. The second kappa shape index (κ2) is 6.57. The molecule has 0 heterocycles.